The molecule has 5 heteroatoms. The molecule has 1 aliphatic rings. The van der Waals surface area contributed by atoms with Crippen LogP contribution in [0.25, 0.3) is 0 Å². The van der Waals surface area contributed by atoms with Gasteiger partial charge in [-0.25, -0.2) is 0 Å². The van der Waals surface area contributed by atoms with E-state index in [9.17, 15) is 0 Å². The summed E-state index contributed by atoms with van der Waals surface area (Å²) in [5.74, 6) is 0.908. The largest absolute Gasteiger partial charge is 0.491 e. The van der Waals surface area contributed by atoms with Crippen LogP contribution in [-0.4, -0.2) is 47.5 Å². The molecule has 124 valence electrons. The van der Waals surface area contributed by atoms with E-state index in [1.807, 2.05) is 18.3 Å². The first-order valence-electron chi connectivity index (χ1n) is 8.06. The van der Waals surface area contributed by atoms with Crippen LogP contribution >= 0.6 is 0 Å². The van der Waals surface area contributed by atoms with Crippen molar-refractivity contribution in [2.24, 2.45) is 0 Å². The number of ether oxygens (including phenoxy) is 2. The Kier molecular flexibility index (Phi) is 4.68. The van der Waals surface area contributed by atoms with E-state index in [4.69, 9.17) is 9.47 Å². The fourth-order valence-corrected chi connectivity index (χ4v) is 3.10. The molecule has 2 heterocycles. The summed E-state index contributed by atoms with van der Waals surface area (Å²) in [7, 11) is 1.78. The number of nitrogens with one attached hydrogen (secondary N) is 1. The molecular weight excluding hydrogens is 290 g/mol. The standard InChI is InChI=1S/C18H25N3O2/c1-14-5-4-6-17(9-14)23-13-18(22-3)7-8-21(12-18)11-16-10-19-20-15(16)2/h4-6,9-10H,7-8,11-13H2,1-3H3,(H,19,20)/t18-/m0/s1. The van der Waals surface area contributed by atoms with Crippen molar-refractivity contribution < 1.29 is 9.47 Å². The zero-order valence-electron chi connectivity index (χ0n) is 14.1. The molecule has 2 aromatic rings. The number of likely N-dealkylation sites (tertiary alicyclic amines) is 1. The molecule has 3 rings (SSSR count). The number of rotatable bonds is 6. The van der Waals surface area contributed by atoms with E-state index in [-0.39, 0.29) is 5.60 Å². The van der Waals surface area contributed by atoms with Gasteiger partial charge in [0.15, 0.2) is 0 Å². The lowest BCUT2D eigenvalue weighted by atomic mass is 10.0. The number of hydrogen-bond acceptors (Lipinski definition) is 4. The van der Waals surface area contributed by atoms with Crippen LogP contribution in [-0.2, 0) is 11.3 Å². The highest BCUT2D eigenvalue weighted by Gasteiger charge is 2.39. The molecule has 0 amide bonds. The fourth-order valence-electron chi connectivity index (χ4n) is 3.10. The maximum atomic E-state index is 6.00. The van der Waals surface area contributed by atoms with E-state index in [1.54, 1.807) is 7.11 Å². The van der Waals surface area contributed by atoms with Crippen LogP contribution in [0.3, 0.4) is 0 Å². The average Bonchev–Trinajstić information content (AvgIpc) is 3.14. The third kappa shape index (κ3) is 3.74. The summed E-state index contributed by atoms with van der Waals surface area (Å²) in [6.07, 6.45) is 2.89. The first kappa shape index (κ1) is 16.0. The summed E-state index contributed by atoms with van der Waals surface area (Å²) < 4.78 is 11.8. The zero-order chi connectivity index (χ0) is 16.3. The Morgan fingerprint density at radius 3 is 2.91 bits per heavy atom. The van der Waals surface area contributed by atoms with Gasteiger partial charge in [0.05, 0.1) is 6.20 Å². The number of aromatic nitrogens is 2. The minimum Gasteiger partial charge on any atom is -0.491 e. The number of aryl methyl sites for hydroxylation is 2. The summed E-state index contributed by atoms with van der Waals surface area (Å²) in [4.78, 5) is 2.40. The molecular formula is C18H25N3O2. The van der Waals surface area contributed by atoms with Gasteiger partial charge in [-0.05, 0) is 38.0 Å². The van der Waals surface area contributed by atoms with Gasteiger partial charge in [-0.3, -0.25) is 10.00 Å². The van der Waals surface area contributed by atoms with E-state index in [0.717, 1.165) is 37.5 Å². The predicted molar refractivity (Wildman–Crippen MR) is 89.6 cm³/mol. The molecule has 1 fully saturated rings. The van der Waals surface area contributed by atoms with Gasteiger partial charge in [0, 0.05) is 38.0 Å². The second-order valence-electron chi connectivity index (χ2n) is 6.47. The van der Waals surface area contributed by atoms with E-state index < -0.39 is 0 Å². The summed E-state index contributed by atoms with van der Waals surface area (Å²) in [6.45, 7) is 7.49. The van der Waals surface area contributed by atoms with Crippen LogP contribution in [0.5, 0.6) is 5.75 Å². The fraction of sp³-hybridized carbons (Fsp3) is 0.500. The monoisotopic (exact) mass is 315 g/mol. The van der Waals surface area contributed by atoms with Crippen LogP contribution in [0.15, 0.2) is 30.5 Å². The number of hydrogen-bond donors (Lipinski definition) is 1. The van der Waals surface area contributed by atoms with Gasteiger partial charge in [0.1, 0.15) is 18.0 Å². The van der Waals surface area contributed by atoms with Crippen LogP contribution in [0.2, 0.25) is 0 Å². The third-order valence-corrected chi connectivity index (χ3v) is 4.65. The maximum Gasteiger partial charge on any atom is 0.119 e. The molecule has 1 N–H and O–H groups in total. The Hall–Kier alpha value is -1.85. The SMILES string of the molecule is CO[C@@]1(COc2cccc(C)c2)CCN(Cc2cn[nH]c2C)C1. The molecule has 1 saturated heterocycles. The Labute approximate surface area is 137 Å². The third-order valence-electron chi connectivity index (χ3n) is 4.65. The van der Waals surface area contributed by atoms with Crippen molar-refractivity contribution in [1.82, 2.24) is 15.1 Å². The minimum atomic E-state index is -0.235. The first-order chi connectivity index (χ1) is 11.1. The molecule has 0 bridgehead atoms. The summed E-state index contributed by atoms with van der Waals surface area (Å²) in [5, 5.41) is 7.09. The number of nitrogens with zero attached hydrogens (tertiary/aromatic N) is 2. The quantitative estimate of drug-likeness (QED) is 0.890. The van der Waals surface area contributed by atoms with E-state index in [0.29, 0.717) is 6.61 Å². The number of H-pyrrole nitrogens is 1. The van der Waals surface area contributed by atoms with Gasteiger partial charge in [0.2, 0.25) is 0 Å². The Morgan fingerprint density at radius 1 is 1.35 bits per heavy atom. The summed E-state index contributed by atoms with van der Waals surface area (Å²) in [6, 6.07) is 8.15. The van der Waals surface area contributed by atoms with Gasteiger partial charge >= 0.3 is 0 Å². The van der Waals surface area contributed by atoms with Crippen molar-refractivity contribution in [1.29, 1.82) is 0 Å². The lowest BCUT2D eigenvalue weighted by Crippen LogP contribution is -2.41. The molecule has 23 heavy (non-hydrogen) atoms. The van der Waals surface area contributed by atoms with Gasteiger partial charge in [-0.2, -0.15) is 5.10 Å². The minimum absolute atomic E-state index is 0.235. The molecule has 1 aromatic heterocycles. The van der Waals surface area contributed by atoms with Crippen LogP contribution in [0.1, 0.15) is 23.2 Å². The molecule has 5 nitrogen and oxygen atoms in total. The molecule has 0 spiro atoms. The van der Waals surface area contributed by atoms with Gasteiger partial charge in [0.25, 0.3) is 0 Å². The highest BCUT2D eigenvalue weighted by Crippen LogP contribution is 2.28. The zero-order valence-corrected chi connectivity index (χ0v) is 14.1. The van der Waals surface area contributed by atoms with Gasteiger partial charge in [-0.1, -0.05) is 12.1 Å². The van der Waals surface area contributed by atoms with E-state index >= 15 is 0 Å². The van der Waals surface area contributed by atoms with Crippen molar-refractivity contribution in [2.75, 3.05) is 26.8 Å². The van der Waals surface area contributed by atoms with Gasteiger partial charge in [-0.15, -0.1) is 0 Å². The van der Waals surface area contributed by atoms with Crippen molar-refractivity contribution in [3.8, 4) is 5.75 Å². The summed E-state index contributed by atoms with van der Waals surface area (Å²) >= 11 is 0. The predicted octanol–water partition coefficient (Wildman–Crippen LogP) is 2.70. The Balaban J connectivity index is 1.60. The van der Waals surface area contributed by atoms with E-state index in [2.05, 4.69) is 41.1 Å². The molecule has 0 radical (unpaired) electrons. The van der Waals surface area contributed by atoms with E-state index in [1.165, 1.54) is 11.1 Å². The normalized spacial score (nSPS) is 21.7. The molecule has 1 aliphatic heterocycles. The number of methoxy groups -OCH3 is 1. The lowest BCUT2D eigenvalue weighted by Gasteiger charge is -2.28. The molecule has 0 saturated carbocycles. The Morgan fingerprint density at radius 2 is 2.22 bits per heavy atom. The number of benzene rings is 1. The molecule has 0 unspecified atom stereocenters. The van der Waals surface area contributed by atoms with Crippen LogP contribution in [0, 0.1) is 13.8 Å². The lowest BCUT2D eigenvalue weighted by molar-refractivity contribution is -0.0359. The maximum absolute atomic E-state index is 6.00. The Bertz CT molecular complexity index is 655. The smallest absolute Gasteiger partial charge is 0.119 e. The number of aromatic amines is 1. The second-order valence-corrected chi connectivity index (χ2v) is 6.47. The molecule has 1 aromatic carbocycles. The van der Waals surface area contributed by atoms with Gasteiger partial charge < -0.3 is 9.47 Å². The van der Waals surface area contributed by atoms with Crippen molar-refractivity contribution in [3.63, 3.8) is 0 Å². The van der Waals surface area contributed by atoms with Crippen molar-refractivity contribution in [2.45, 2.75) is 32.4 Å². The van der Waals surface area contributed by atoms with Crippen molar-refractivity contribution in [3.05, 3.63) is 47.3 Å². The van der Waals surface area contributed by atoms with Crippen LogP contribution in [0.4, 0.5) is 0 Å². The molecule has 0 aliphatic carbocycles. The summed E-state index contributed by atoms with van der Waals surface area (Å²) in [5.41, 5.74) is 3.35. The first-order valence-corrected chi connectivity index (χ1v) is 8.06. The average molecular weight is 315 g/mol. The highest BCUT2D eigenvalue weighted by molar-refractivity contribution is 5.27. The van der Waals surface area contributed by atoms with Crippen molar-refractivity contribution >= 4 is 0 Å². The topological polar surface area (TPSA) is 50.4 Å². The highest BCUT2D eigenvalue weighted by atomic mass is 16.5. The second kappa shape index (κ2) is 6.72. The molecule has 1 atom stereocenters. The van der Waals surface area contributed by atoms with Crippen LogP contribution < -0.4 is 4.74 Å².